The van der Waals surface area contributed by atoms with Gasteiger partial charge in [0.05, 0.1) is 29.9 Å². The molecule has 0 N–H and O–H groups in total. The number of fused-ring (bicyclic) bond motifs is 1. The largest absolute Gasteiger partial charge is 0.456 e. The van der Waals surface area contributed by atoms with Crippen molar-refractivity contribution < 1.29 is 42.8 Å². The highest BCUT2D eigenvalue weighted by Crippen LogP contribution is 2.34. The van der Waals surface area contributed by atoms with E-state index in [1.807, 2.05) is 38.1 Å². The summed E-state index contributed by atoms with van der Waals surface area (Å²) < 4.78 is 34.8. The molecule has 0 spiro atoms. The van der Waals surface area contributed by atoms with Crippen LogP contribution in [0.3, 0.4) is 0 Å². The molecular formula is C36H32O9. The Bertz CT molecular complexity index is 1650. The van der Waals surface area contributed by atoms with E-state index in [0.29, 0.717) is 41.2 Å². The van der Waals surface area contributed by atoms with E-state index in [1.165, 1.54) is 0 Å². The summed E-state index contributed by atoms with van der Waals surface area (Å²) in [6.45, 7) is 4.54. The molecule has 4 atom stereocenters. The molecule has 9 heteroatoms. The first kappa shape index (κ1) is 30.2. The van der Waals surface area contributed by atoms with Crippen molar-refractivity contribution in [3.05, 3.63) is 130 Å². The molecular weight excluding hydrogens is 576 g/mol. The van der Waals surface area contributed by atoms with E-state index in [-0.39, 0.29) is 6.61 Å². The van der Waals surface area contributed by atoms with Gasteiger partial charge < -0.3 is 28.4 Å². The number of benzene rings is 4. The molecule has 45 heavy (non-hydrogen) atoms. The van der Waals surface area contributed by atoms with Crippen molar-refractivity contribution in [2.75, 3.05) is 13.2 Å². The normalized spacial score (nSPS) is 20.8. The van der Waals surface area contributed by atoms with Gasteiger partial charge in [-0.05, 0) is 74.5 Å². The average Bonchev–Trinajstić information content (AvgIpc) is 3.06. The zero-order valence-electron chi connectivity index (χ0n) is 24.8. The van der Waals surface area contributed by atoms with Crippen LogP contribution in [0.1, 0.15) is 60.5 Å². The van der Waals surface area contributed by atoms with Crippen molar-refractivity contribution in [2.45, 2.75) is 44.9 Å². The molecule has 0 bridgehead atoms. The molecule has 2 aliphatic heterocycles. The van der Waals surface area contributed by atoms with E-state index in [0.717, 1.165) is 16.7 Å². The number of hydrogen-bond donors (Lipinski definition) is 0. The van der Waals surface area contributed by atoms with Crippen LogP contribution in [0.15, 0.2) is 97.1 Å². The lowest BCUT2D eigenvalue weighted by Crippen LogP contribution is -2.53. The minimum Gasteiger partial charge on any atom is -0.456 e. The number of carbonyl (C=O) groups excluding carboxylic acids is 3. The molecule has 2 fully saturated rings. The van der Waals surface area contributed by atoms with Crippen LogP contribution < -0.4 is 9.47 Å². The smallest absolute Gasteiger partial charge is 0.343 e. The standard InChI is InChI=1S/C36H32O9/c1-22-3-7-24(8-4-22)33(37)42-28-15-11-26(12-16-28)35(39)44-30-19-20-40-31-21-41-36(45-32(30)31)27-13-17-29(18-14-27)43-34(38)25-9-5-23(2)6-10-25/h3-18,30-32,36H,19-21H2,1-2H3. The van der Waals surface area contributed by atoms with E-state index in [2.05, 4.69) is 0 Å². The maximum atomic E-state index is 13.1. The molecule has 0 saturated carbocycles. The quantitative estimate of drug-likeness (QED) is 0.180. The Labute approximate surface area is 260 Å². The Morgan fingerprint density at radius 2 is 1.11 bits per heavy atom. The monoisotopic (exact) mass is 608 g/mol. The van der Waals surface area contributed by atoms with Gasteiger partial charge >= 0.3 is 17.9 Å². The topological polar surface area (TPSA) is 107 Å². The molecule has 6 rings (SSSR count). The van der Waals surface area contributed by atoms with Gasteiger partial charge in [0.25, 0.3) is 0 Å². The molecule has 0 amide bonds. The van der Waals surface area contributed by atoms with Crippen molar-refractivity contribution >= 4 is 17.9 Å². The fourth-order valence-corrected chi connectivity index (χ4v) is 5.09. The van der Waals surface area contributed by atoms with Crippen LogP contribution in [0.2, 0.25) is 0 Å². The van der Waals surface area contributed by atoms with Gasteiger partial charge in [-0.25, -0.2) is 14.4 Å². The van der Waals surface area contributed by atoms with Crippen molar-refractivity contribution in [3.8, 4) is 11.5 Å². The number of ether oxygens (including phenoxy) is 6. The first-order valence-electron chi connectivity index (χ1n) is 14.7. The predicted molar refractivity (Wildman–Crippen MR) is 162 cm³/mol. The molecule has 2 aliphatic rings. The summed E-state index contributed by atoms with van der Waals surface area (Å²) in [5, 5.41) is 0. The second-order valence-corrected chi connectivity index (χ2v) is 11.0. The SMILES string of the molecule is Cc1ccc(C(=O)Oc2ccc(C(=O)OC3CCOC4COC(c5ccc(OC(=O)c6ccc(C)cc6)cc5)OC43)cc2)cc1. The van der Waals surface area contributed by atoms with Gasteiger partial charge in [-0.2, -0.15) is 0 Å². The van der Waals surface area contributed by atoms with Crippen LogP contribution in [0.5, 0.6) is 11.5 Å². The highest BCUT2D eigenvalue weighted by Gasteiger charge is 2.43. The van der Waals surface area contributed by atoms with Crippen molar-refractivity contribution in [1.82, 2.24) is 0 Å². The van der Waals surface area contributed by atoms with E-state index in [9.17, 15) is 14.4 Å². The lowest BCUT2D eigenvalue weighted by atomic mass is 10.0. The maximum absolute atomic E-state index is 13.1. The third kappa shape index (κ3) is 7.29. The Kier molecular flexibility index (Phi) is 9.02. The number of rotatable bonds is 7. The summed E-state index contributed by atoms with van der Waals surface area (Å²) in [6, 6.07) is 27.3. The molecule has 2 heterocycles. The zero-order chi connectivity index (χ0) is 31.3. The molecule has 230 valence electrons. The maximum Gasteiger partial charge on any atom is 0.343 e. The molecule has 4 aromatic rings. The van der Waals surface area contributed by atoms with Crippen LogP contribution in [0.4, 0.5) is 0 Å². The fraction of sp³-hybridized carbons (Fsp3) is 0.250. The fourth-order valence-electron chi connectivity index (χ4n) is 5.09. The Balaban J connectivity index is 1.05. The second kappa shape index (κ2) is 13.4. The van der Waals surface area contributed by atoms with Gasteiger partial charge in [0.15, 0.2) is 6.29 Å². The van der Waals surface area contributed by atoms with E-state index < -0.39 is 42.5 Å². The summed E-state index contributed by atoms with van der Waals surface area (Å²) in [5.41, 5.74) is 4.02. The molecule has 0 radical (unpaired) electrons. The van der Waals surface area contributed by atoms with Gasteiger partial charge in [0.2, 0.25) is 0 Å². The molecule has 0 aliphatic carbocycles. The molecule has 4 aromatic carbocycles. The summed E-state index contributed by atoms with van der Waals surface area (Å²) in [6.07, 6.45) is -1.77. The molecule has 2 saturated heterocycles. The minimum absolute atomic E-state index is 0.259. The van der Waals surface area contributed by atoms with Crippen LogP contribution in [-0.2, 0) is 18.9 Å². The number of carbonyl (C=O) groups is 3. The van der Waals surface area contributed by atoms with Crippen molar-refractivity contribution in [3.63, 3.8) is 0 Å². The first-order chi connectivity index (χ1) is 21.8. The first-order valence-corrected chi connectivity index (χ1v) is 14.7. The van der Waals surface area contributed by atoms with E-state index in [1.54, 1.807) is 72.8 Å². The van der Waals surface area contributed by atoms with Gasteiger partial charge in [-0.1, -0.05) is 47.5 Å². The summed E-state index contributed by atoms with van der Waals surface area (Å²) >= 11 is 0. The highest BCUT2D eigenvalue weighted by molar-refractivity contribution is 5.92. The summed E-state index contributed by atoms with van der Waals surface area (Å²) in [4.78, 5) is 38.0. The van der Waals surface area contributed by atoms with Crippen LogP contribution in [-0.4, -0.2) is 49.4 Å². The van der Waals surface area contributed by atoms with Crippen LogP contribution in [0, 0.1) is 13.8 Å². The Morgan fingerprint density at radius 1 is 0.622 bits per heavy atom. The number of hydrogen-bond acceptors (Lipinski definition) is 9. The van der Waals surface area contributed by atoms with Crippen molar-refractivity contribution in [2.24, 2.45) is 0 Å². The summed E-state index contributed by atoms with van der Waals surface area (Å²) in [7, 11) is 0. The van der Waals surface area contributed by atoms with E-state index in [4.69, 9.17) is 28.4 Å². The Hall–Kier alpha value is -4.83. The minimum atomic E-state index is -0.724. The van der Waals surface area contributed by atoms with Gasteiger partial charge in [0, 0.05) is 12.0 Å². The lowest BCUT2D eigenvalue weighted by Gasteiger charge is -2.42. The van der Waals surface area contributed by atoms with Gasteiger partial charge in [-0.3, -0.25) is 0 Å². The Morgan fingerprint density at radius 3 is 1.67 bits per heavy atom. The van der Waals surface area contributed by atoms with Crippen molar-refractivity contribution in [1.29, 1.82) is 0 Å². The summed E-state index contributed by atoms with van der Waals surface area (Å²) in [5.74, 6) is -0.750. The highest BCUT2D eigenvalue weighted by atomic mass is 16.7. The molecule has 4 unspecified atom stereocenters. The average molecular weight is 609 g/mol. The molecule has 0 aromatic heterocycles. The lowest BCUT2D eigenvalue weighted by molar-refractivity contribution is -0.298. The van der Waals surface area contributed by atoms with Gasteiger partial charge in [-0.15, -0.1) is 0 Å². The number of aryl methyl sites for hydroxylation is 2. The van der Waals surface area contributed by atoms with E-state index >= 15 is 0 Å². The predicted octanol–water partition coefficient (Wildman–Crippen LogP) is 6.17. The third-order valence-electron chi connectivity index (χ3n) is 7.66. The van der Waals surface area contributed by atoms with Gasteiger partial charge in [0.1, 0.15) is 29.8 Å². The zero-order valence-corrected chi connectivity index (χ0v) is 24.8. The van der Waals surface area contributed by atoms with Crippen LogP contribution in [0.25, 0.3) is 0 Å². The third-order valence-corrected chi connectivity index (χ3v) is 7.66. The molecule has 9 nitrogen and oxygen atoms in total. The number of esters is 3. The van der Waals surface area contributed by atoms with Crippen LogP contribution >= 0.6 is 0 Å². The second-order valence-electron chi connectivity index (χ2n) is 11.0.